The number of ether oxygens (including phenoxy) is 1. The standard InChI is InChI=1S/C13H21N3O4/c1-4-5-6-20-9-11(17)15-10-7-14-16(8-10)13(2,3)12(18)19/h7-8H,4-6,9H2,1-3H3,(H,15,17)(H,18,19). The molecule has 7 heteroatoms. The second kappa shape index (κ2) is 7.04. The van der Waals surface area contributed by atoms with Crippen LogP contribution >= 0.6 is 0 Å². The van der Waals surface area contributed by atoms with Gasteiger partial charge < -0.3 is 15.2 Å². The fourth-order valence-electron chi connectivity index (χ4n) is 1.40. The number of rotatable bonds is 8. The maximum atomic E-state index is 11.6. The van der Waals surface area contributed by atoms with Crippen molar-refractivity contribution in [3.8, 4) is 0 Å². The molecular weight excluding hydrogens is 262 g/mol. The third-order valence-electron chi connectivity index (χ3n) is 2.84. The fourth-order valence-corrected chi connectivity index (χ4v) is 1.40. The van der Waals surface area contributed by atoms with Crippen LogP contribution < -0.4 is 5.32 Å². The first-order valence-electron chi connectivity index (χ1n) is 6.54. The zero-order chi connectivity index (χ0) is 15.2. The van der Waals surface area contributed by atoms with Crippen LogP contribution in [0.5, 0.6) is 0 Å². The van der Waals surface area contributed by atoms with Crippen molar-refractivity contribution in [3.05, 3.63) is 12.4 Å². The number of carbonyl (C=O) groups excluding carboxylic acids is 1. The van der Waals surface area contributed by atoms with Gasteiger partial charge in [-0.2, -0.15) is 5.10 Å². The largest absolute Gasteiger partial charge is 0.479 e. The first-order chi connectivity index (χ1) is 9.37. The van der Waals surface area contributed by atoms with Crippen molar-refractivity contribution in [3.63, 3.8) is 0 Å². The summed E-state index contributed by atoms with van der Waals surface area (Å²) >= 11 is 0. The minimum Gasteiger partial charge on any atom is -0.479 e. The third-order valence-corrected chi connectivity index (χ3v) is 2.84. The summed E-state index contributed by atoms with van der Waals surface area (Å²) in [5, 5.41) is 15.6. The number of carboxylic acid groups (broad SMARTS) is 1. The number of carbonyl (C=O) groups is 2. The van der Waals surface area contributed by atoms with Gasteiger partial charge in [0.1, 0.15) is 6.61 Å². The molecule has 1 aromatic rings. The number of amides is 1. The first-order valence-corrected chi connectivity index (χ1v) is 6.54. The molecular formula is C13H21N3O4. The smallest absolute Gasteiger partial charge is 0.331 e. The van der Waals surface area contributed by atoms with E-state index >= 15 is 0 Å². The minimum absolute atomic E-state index is 0.0203. The van der Waals surface area contributed by atoms with E-state index in [1.54, 1.807) is 0 Å². The van der Waals surface area contributed by atoms with Crippen LogP contribution in [0.1, 0.15) is 33.6 Å². The highest BCUT2D eigenvalue weighted by Crippen LogP contribution is 2.17. The van der Waals surface area contributed by atoms with Crippen LogP contribution in [0.3, 0.4) is 0 Å². The Kier molecular flexibility index (Phi) is 5.69. The Bertz CT molecular complexity index is 468. The molecule has 0 saturated carbocycles. The Balaban J connectivity index is 2.52. The van der Waals surface area contributed by atoms with E-state index in [0.29, 0.717) is 12.3 Å². The van der Waals surface area contributed by atoms with Gasteiger partial charge in [0.15, 0.2) is 5.54 Å². The third kappa shape index (κ3) is 4.34. The molecule has 0 saturated heterocycles. The van der Waals surface area contributed by atoms with Crippen LogP contribution in [0.15, 0.2) is 12.4 Å². The zero-order valence-corrected chi connectivity index (χ0v) is 12.0. The Hall–Kier alpha value is -1.89. The molecule has 0 unspecified atom stereocenters. The van der Waals surface area contributed by atoms with Gasteiger partial charge in [-0.25, -0.2) is 4.79 Å². The number of aromatic nitrogens is 2. The zero-order valence-electron chi connectivity index (χ0n) is 12.0. The number of nitrogens with zero attached hydrogens (tertiary/aromatic N) is 2. The van der Waals surface area contributed by atoms with Crippen molar-refractivity contribution >= 4 is 17.6 Å². The van der Waals surface area contributed by atoms with E-state index in [4.69, 9.17) is 9.84 Å². The number of hydrogen-bond donors (Lipinski definition) is 2. The number of hydrogen-bond acceptors (Lipinski definition) is 4. The molecule has 7 nitrogen and oxygen atoms in total. The monoisotopic (exact) mass is 283 g/mol. The van der Waals surface area contributed by atoms with E-state index in [9.17, 15) is 9.59 Å². The summed E-state index contributed by atoms with van der Waals surface area (Å²) < 4.78 is 6.48. The predicted octanol–water partition coefficient (Wildman–Crippen LogP) is 1.46. The molecule has 0 spiro atoms. The van der Waals surface area contributed by atoms with E-state index in [1.165, 1.54) is 30.9 Å². The molecule has 20 heavy (non-hydrogen) atoms. The number of nitrogens with one attached hydrogen (secondary N) is 1. The van der Waals surface area contributed by atoms with Crippen molar-refractivity contribution in [1.82, 2.24) is 9.78 Å². The van der Waals surface area contributed by atoms with Crippen molar-refractivity contribution in [2.75, 3.05) is 18.5 Å². The summed E-state index contributed by atoms with van der Waals surface area (Å²) in [7, 11) is 0. The molecule has 0 aromatic carbocycles. The highest BCUT2D eigenvalue weighted by molar-refractivity contribution is 5.91. The van der Waals surface area contributed by atoms with Crippen LogP contribution in [0.4, 0.5) is 5.69 Å². The number of aliphatic carboxylic acids is 1. The summed E-state index contributed by atoms with van der Waals surface area (Å²) in [5.41, 5.74) is -0.718. The van der Waals surface area contributed by atoms with Gasteiger partial charge in [-0.3, -0.25) is 9.48 Å². The predicted molar refractivity (Wildman–Crippen MR) is 73.5 cm³/mol. The maximum Gasteiger partial charge on any atom is 0.331 e. The molecule has 2 N–H and O–H groups in total. The van der Waals surface area contributed by atoms with Gasteiger partial charge in [0.2, 0.25) is 5.91 Å². The van der Waals surface area contributed by atoms with Gasteiger partial charge in [-0.15, -0.1) is 0 Å². The van der Waals surface area contributed by atoms with Crippen LogP contribution in [-0.4, -0.2) is 40.0 Å². The molecule has 1 heterocycles. The van der Waals surface area contributed by atoms with E-state index in [0.717, 1.165) is 12.8 Å². The van der Waals surface area contributed by atoms with E-state index < -0.39 is 11.5 Å². The van der Waals surface area contributed by atoms with Crippen LogP contribution in [0, 0.1) is 0 Å². The second-order valence-corrected chi connectivity index (χ2v) is 4.99. The minimum atomic E-state index is -1.17. The van der Waals surface area contributed by atoms with Crippen LogP contribution in [0.25, 0.3) is 0 Å². The molecule has 0 bridgehead atoms. The molecule has 0 aliphatic heterocycles. The van der Waals surface area contributed by atoms with Crippen LogP contribution in [0.2, 0.25) is 0 Å². The lowest BCUT2D eigenvalue weighted by Crippen LogP contribution is -2.35. The first kappa shape index (κ1) is 16.2. The van der Waals surface area contributed by atoms with Crippen molar-refractivity contribution in [1.29, 1.82) is 0 Å². The summed E-state index contributed by atoms with van der Waals surface area (Å²) in [6.07, 6.45) is 4.82. The SMILES string of the molecule is CCCCOCC(=O)Nc1cnn(C(C)(C)C(=O)O)c1. The molecule has 0 aliphatic carbocycles. The number of unbranched alkanes of at least 4 members (excludes halogenated alkanes) is 1. The average Bonchev–Trinajstić information content (AvgIpc) is 2.83. The molecule has 1 amide bonds. The average molecular weight is 283 g/mol. The Morgan fingerprint density at radius 3 is 2.80 bits per heavy atom. The van der Waals surface area contributed by atoms with Gasteiger partial charge in [0.05, 0.1) is 11.9 Å². The topological polar surface area (TPSA) is 93.5 Å². The highest BCUT2D eigenvalue weighted by atomic mass is 16.5. The second-order valence-electron chi connectivity index (χ2n) is 4.99. The van der Waals surface area contributed by atoms with Crippen molar-refractivity contribution < 1.29 is 19.4 Å². The van der Waals surface area contributed by atoms with Crippen LogP contribution in [-0.2, 0) is 19.9 Å². The Morgan fingerprint density at radius 2 is 2.20 bits per heavy atom. The molecule has 112 valence electrons. The number of carboxylic acids is 1. The normalized spacial score (nSPS) is 11.3. The summed E-state index contributed by atoms with van der Waals surface area (Å²) in [5.74, 6) is -1.28. The summed E-state index contributed by atoms with van der Waals surface area (Å²) in [4.78, 5) is 22.7. The lowest BCUT2D eigenvalue weighted by atomic mass is 10.1. The van der Waals surface area contributed by atoms with E-state index in [2.05, 4.69) is 10.4 Å². The Morgan fingerprint density at radius 1 is 1.50 bits per heavy atom. The molecule has 1 rings (SSSR count). The summed E-state index contributed by atoms with van der Waals surface area (Å²) in [6.45, 7) is 5.63. The molecule has 1 aromatic heterocycles. The van der Waals surface area contributed by atoms with Gasteiger partial charge in [-0.1, -0.05) is 13.3 Å². The van der Waals surface area contributed by atoms with Gasteiger partial charge >= 0.3 is 5.97 Å². The lowest BCUT2D eigenvalue weighted by Gasteiger charge is -2.19. The lowest BCUT2D eigenvalue weighted by molar-refractivity contribution is -0.146. The van der Waals surface area contributed by atoms with Gasteiger partial charge in [0, 0.05) is 12.8 Å². The number of anilines is 1. The quantitative estimate of drug-likeness (QED) is 0.704. The van der Waals surface area contributed by atoms with Crippen molar-refractivity contribution in [2.24, 2.45) is 0 Å². The Labute approximate surface area is 117 Å². The van der Waals surface area contributed by atoms with Gasteiger partial charge in [-0.05, 0) is 20.3 Å². The highest BCUT2D eigenvalue weighted by Gasteiger charge is 2.30. The van der Waals surface area contributed by atoms with E-state index in [1.807, 2.05) is 6.92 Å². The summed E-state index contributed by atoms with van der Waals surface area (Å²) in [6, 6.07) is 0. The van der Waals surface area contributed by atoms with E-state index in [-0.39, 0.29) is 12.5 Å². The maximum absolute atomic E-state index is 11.6. The fraction of sp³-hybridized carbons (Fsp3) is 0.615. The molecule has 0 radical (unpaired) electrons. The molecule has 0 atom stereocenters. The molecule has 0 aliphatic rings. The van der Waals surface area contributed by atoms with Crippen molar-refractivity contribution in [2.45, 2.75) is 39.2 Å². The molecule has 0 fully saturated rings. The van der Waals surface area contributed by atoms with Gasteiger partial charge in [0.25, 0.3) is 0 Å².